The van der Waals surface area contributed by atoms with Crippen LogP contribution in [0.1, 0.15) is 11.1 Å². The first kappa shape index (κ1) is 30.1. The maximum atomic E-state index is 14.2. The molecule has 10 heteroatoms. The van der Waals surface area contributed by atoms with Gasteiger partial charge in [0.25, 0.3) is 10.0 Å². The predicted molar refractivity (Wildman–Crippen MR) is 162 cm³/mol. The zero-order valence-corrected chi connectivity index (χ0v) is 24.6. The fraction of sp³-hybridized carbons (Fsp3) is 0.161. The summed E-state index contributed by atoms with van der Waals surface area (Å²) in [6, 6.07) is 29.8. The van der Waals surface area contributed by atoms with Gasteiger partial charge in [0, 0.05) is 30.1 Å². The summed E-state index contributed by atoms with van der Waals surface area (Å²) in [6.07, 6.45) is 0.230. The van der Waals surface area contributed by atoms with Crippen LogP contribution in [-0.4, -0.2) is 44.8 Å². The van der Waals surface area contributed by atoms with E-state index in [1.165, 1.54) is 42.3 Å². The molecule has 0 radical (unpaired) electrons. The first-order valence-electron chi connectivity index (χ1n) is 12.8. The number of amides is 2. The van der Waals surface area contributed by atoms with Crippen LogP contribution in [0.25, 0.3) is 0 Å². The van der Waals surface area contributed by atoms with Crippen LogP contribution in [0.3, 0.4) is 0 Å². The third-order valence-corrected chi connectivity index (χ3v) is 8.68. The molecule has 4 aromatic rings. The van der Waals surface area contributed by atoms with Gasteiger partial charge in [0.15, 0.2) is 0 Å². The van der Waals surface area contributed by atoms with Crippen LogP contribution in [0.4, 0.5) is 5.69 Å². The minimum absolute atomic E-state index is 0.00866. The highest BCUT2D eigenvalue weighted by Gasteiger charge is 2.34. The van der Waals surface area contributed by atoms with E-state index in [0.29, 0.717) is 0 Å². The van der Waals surface area contributed by atoms with E-state index in [-0.39, 0.29) is 39.5 Å². The Balaban J connectivity index is 1.79. The predicted octanol–water partition coefficient (Wildman–Crippen LogP) is 5.57. The van der Waals surface area contributed by atoms with Crippen molar-refractivity contribution in [2.24, 2.45) is 0 Å². The van der Waals surface area contributed by atoms with Crippen molar-refractivity contribution in [1.29, 1.82) is 0 Å². The minimum Gasteiger partial charge on any atom is -0.357 e. The van der Waals surface area contributed by atoms with E-state index in [1.807, 2.05) is 60.7 Å². The average molecular weight is 611 g/mol. The Kier molecular flexibility index (Phi) is 10.0. The quantitative estimate of drug-likeness (QED) is 0.241. The van der Waals surface area contributed by atoms with Gasteiger partial charge in [0.2, 0.25) is 11.8 Å². The first-order chi connectivity index (χ1) is 19.7. The summed E-state index contributed by atoms with van der Waals surface area (Å²) in [5.74, 6) is -0.949. The molecule has 0 bridgehead atoms. The molecule has 0 aromatic heterocycles. The van der Waals surface area contributed by atoms with E-state index in [1.54, 1.807) is 18.2 Å². The summed E-state index contributed by atoms with van der Waals surface area (Å²) >= 11 is 12.5. The van der Waals surface area contributed by atoms with Crippen LogP contribution in [0, 0.1) is 0 Å². The monoisotopic (exact) mass is 609 g/mol. The van der Waals surface area contributed by atoms with Crippen LogP contribution in [0.15, 0.2) is 114 Å². The number of anilines is 1. The number of halogens is 2. The lowest BCUT2D eigenvalue weighted by atomic mass is 10.0. The highest BCUT2D eigenvalue weighted by molar-refractivity contribution is 7.92. The lowest BCUT2D eigenvalue weighted by Gasteiger charge is -2.33. The van der Waals surface area contributed by atoms with Gasteiger partial charge in [-0.1, -0.05) is 102 Å². The minimum atomic E-state index is -4.23. The molecule has 4 aromatic carbocycles. The van der Waals surface area contributed by atoms with E-state index >= 15 is 0 Å². The summed E-state index contributed by atoms with van der Waals surface area (Å²) in [4.78, 5) is 28.9. The van der Waals surface area contributed by atoms with Crippen molar-refractivity contribution >= 4 is 50.7 Å². The molecule has 0 spiro atoms. The average Bonchev–Trinajstić information content (AvgIpc) is 2.98. The zero-order valence-electron chi connectivity index (χ0n) is 22.3. The molecule has 0 saturated carbocycles. The molecule has 2 amide bonds. The topological polar surface area (TPSA) is 86.8 Å². The van der Waals surface area contributed by atoms with Crippen molar-refractivity contribution < 1.29 is 18.0 Å². The Morgan fingerprint density at radius 3 is 1.83 bits per heavy atom. The van der Waals surface area contributed by atoms with Crippen molar-refractivity contribution in [3.05, 3.63) is 130 Å². The fourth-order valence-corrected chi connectivity index (χ4v) is 6.37. The maximum Gasteiger partial charge on any atom is 0.264 e. The summed E-state index contributed by atoms with van der Waals surface area (Å²) in [5.41, 5.74) is 1.76. The smallest absolute Gasteiger partial charge is 0.264 e. The van der Waals surface area contributed by atoms with Crippen molar-refractivity contribution in [2.45, 2.75) is 23.9 Å². The van der Waals surface area contributed by atoms with Crippen LogP contribution >= 0.6 is 23.2 Å². The zero-order chi connectivity index (χ0) is 29.4. The highest BCUT2D eigenvalue weighted by atomic mass is 35.5. The van der Waals surface area contributed by atoms with Gasteiger partial charge in [0.05, 0.1) is 10.6 Å². The second-order valence-corrected chi connectivity index (χ2v) is 12.0. The summed E-state index contributed by atoms with van der Waals surface area (Å²) in [5, 5.41) is 3.08. The first-order valence-corrected chi connectivity index (χ1v) is 15.0. The van der Waals surface area contributed by atoms with Crippen LogP contribution in [0.2, 0.25) is 10.0 Å². The standard InChI is InChI=1S/C31H29Cl2N3O4S/c1-34-31(38)29(17-23-11-5-2-6-12-23)35(21-24-13-7-3-8-14-24)30(37)22-36(27-19-25(32)18-26(33)20-27)41(39,40)28-15-9-4-10-16-28/h2-16,18-20,29H,17,21-22H2,1H3,(H,34,38)/t29-/m0/s1. The number of carbonyl (C=O) groups excluding carboxylic acids is 2. The second kappa shape index (κ2) is 13.7. The van der Waals surface area contributed by atoms with Crippen LogP contribution < -0.4 is 9.62 Å². The molecule has 0 aliphatic carbocycles. The summed E-state index contributed by atoms with van der Waals surface area (Å²) < 4.78 is 28.8. The second-order valence-electron chi connectivity index (χ2n) is 9.28. The molecule has 212 valence electrons. The Morgan fingerprint density at radius 2 is 1.29 bits per heavy atom. The number of nitrogens with zero attached hydrogens (tertiary/aromatic N) is 2. The summed E-state index contributed by atoms with van der Waals surface area (Å²) in [7, 11) is -2.73. The number of benzene rings is 4. The van der Waals surface area contributed by atoms with Crippen molar-refractivity contribution in [3.63, 3.8) is 0 Å². The lowest BCUT2D eigenvalue weighted by molar-refractivity contribution is -0.139. The maximum absolute atomic E-state index is 14.2. The van der Waals surface area contributed by atoms with E-state index in [0.717, 1.165) is 15.4 Å². The number of hydrogen-bond donors (Lipinski definition) is 1. The third-order valence-electron chi connectivity index (χ3n) is 6.46. The van der Waals surface area contributed by atoms with E-state index in [2.05, 4.69) is 5.32 Å². The molecule has 0 saturated heterocycles. The van der Waals surface area contributed by atoms with Gasteiger partial charge < -0.3 is 10.2 Å². The molecule has 41 heavy (non-hydrogen) atoms. The molecule has 0 aliphatic rings. The molecule has 1 atom stereocenters. The molecular weight excluding hydrogens is 581 g/mol. The number of carbonyl (C=O) groups is 2. The molecule has 7 nitrogen and oxygen atoms in total. The normalized spacial score (nSPS) is 11.9. The fourth-order valence-electron chi connectivity index (χ4n) is 4.43. The molecule has 0 aliphatic heterocycles. The molecule has 1 N–H and O–H groups in total. The number of nitrogens with one attached hydrogen (secondary N) is 1. The number of rotatable bonds is 11. The van der Waals surface area contributed by atoms with Crippen molar-refractivity contribution in [1.82, 2.24) is 10.2 Å². The molecule has 0 fully saturated rings. The van der Waals surface area contributed by atoms with Gasteiger partial charge >= 0.3 is 0 Å². The molecular formula is C31H29Cl2N3O4S. The van der Waals surface area contributed by atoms with E-state index < -0.39 is 28.5 Å². The van der Waals surface area contributed by atoms with Crippen molar-refractivity contribution in [2.75, 3.05) is 17.9 Å². The summed E-state index contributed by atoms with van der Waals surface area (Å²) in [6.45, 7) is -0.511. The van der Waals surface area contributed by atoms with Crippen LogP contribution in [-0.2, 0) is 32.6 Å². The van der Waals surface area contributed by atoms with Gasteiger partial charge in [-0.05, 0) is 41.5 Å². The number of likely N-dealkylation sites (N-methyl/N-ethyl adjacent to an activating group) is 1. The van der Waals surface area contributed by atoms with Crippen LogP contribution in [0.5, 0.6) is 0 Å². The Morgan fingerprint density at radius 1 is 0.780 bits per heavy atom. The Bertz CT molecular complexity index is 1570. The molecule has 0 unspecified atom stereocenters. The lowest BCUT2D eigenvalue weighted by Crippen LogP contribution is -2.53. The van der Waals surface area contributed by atoms with E-state index in [4.69, 9.17) is 23.2 Å². The molecule has 0 heterocycles. The van der Waals surface area contributed by atoms with Gasteiger partial charge in [-0.2, -0.15) is 0 Å². The Hall–Kier alpha value is -3.85. The van der Waals surface area contributed by atoms with Gasteiger partial charge in [-0.15, -0.1) is 0 Å². The van der Waals surface area contributed by atoms with Gasteiger partial charge in [-0.3, -0.25) is 13.9 Å². The van der Waals surface area contributed by atoms with Crippen molar-refractivity contribution in [3.8, 4) is 0 Å². The van der Waals surface area contributed by atoms with Gasteiger partial charge in [-0.25, -0.2) is 8.42 Å². The number of sulfonamides is 1. The highest BCUT2D eigenvalue weighted by Crippen LogP contribution is 2.30. The molecule has 4 rings (SSSR count). The van der Waals surface area contributed by atoms with E-state index in [9.17, 15) is 18.0 Å². The number of hydrogen-bond acceptors (Lipinski definition) is 4. The largest absolute Gasteiger partial charge is 0.357 e. The third kappa shape index (κ3) is 7.67. The Labute approximate surface area is 250 Å². The SMILES string of the molecule is CNC(=O)[C@H](Cc1ccccc1)N(Cc1ccccc1)C(=O)CN(c1cc(Cl)cc(Cl)c1)S(=O)(=O)c1ccccc1. The van der Waals surface area contributed by atoms with Gasteiger partial charge in [0.1, 0.15) is 12.6 Å².